The molecule has 2 rings (SSSR count). The fourth-order valence-corrected chi connectivity index (χ4v) is 2.26. The maximum absolute atomic E-state index is 13.5. The SMILES string of the molecule is O=C(CCNCc1cc(Cl)ccc1F)N1CCOCC1. The van der Waals surface area contributed by atoms with Crippen LogP contribution >= 0.6 is 11.6 Å². The van der Waals surface area contributed by atoms with Gasteiger partial charge in [-0.1, -0.05) is 11.6 Å². The van der Waals surface area contributed by atoms with Crippen LogP contribution in [0.2, 0.25) is 5.02 Å². The first-order valence-electron chi connectivity index (χ1n) is 6.67. The molecule has 6 heteroatoms. The number of ether oxygens (including phenoxy) is 1. The Labute approximate surface area is 122 Å². The fraction of sp³-hybridized carbons (Fsp3) is 0.500. The van der Waals surface area contributed by atoms with Gasteiger partial charge in [-0.25, -0.2) is 4.39 Å². The summed E-state index contributed by atoms with van der Waals surface area (Å²) in [6.45, 7) is 3.40. The van der Waals surface area contributed by atoms with E-state index in [4.69, 9.17) is 16.3 Å². The molecule has 1 fully saturated rings. The average molecular weight is 301 g/mol. The predicted octanol–water partition coefficient (Wildman–Crippen LogP) is 1.82. The molecule has 0 aliphatic carbocycles. The molecular formula is C14H18ClFN2O2. The Hall–Kier alpha value is -1.17. The molecule has 1 heterocycles. The third kappa shape index (κ3) is 4.44. The van der Waals surface area contributed by atoms with E-state index in [1.807, 2.05) is 0 Å². The lowest BCUT2D eigenvalue weighted by atomic mass is 10.2. The molecule has 1 N–H and O–H groups in total. The van der Waals surface area contributed by atoms with Gasteiger partial charge in [0.15, 0.2) is 0 Å². The van der Waals surface area contributed by atoms with Crippen LogP contribution in [-0.4, -0.2) is 43.7 Å². The molecule has 1 aliphatic heterocycles. The molecule has 0 radical (unpaired) electrons. The molecule has 20 heavy (non-hydrogen) atoms. The Kier molecular flexibility index (Phi) is 5.76. The maximum Gasteiger partial charge on any atom is 0.224 e. The van der Waals surface area contributed by atoms with E-state index in [1.165, 1.54) is 12.1 Å². The normalized spacial score (nSPS) is 15.4. The number of carbonyl (C=O) groups excluding carboxylic acids is 1. The highest BCUT2D eigenvalue weighted by molar-refractivity contribution is 6.30. The number of amides is 1. The van der Waals surface area contributed by atoms with Crippen molar-refractivity contribution in [1.29, 1.82) is 0 Å². The number of hydrogen-bond acceptors (Lipinski definition) is 3. The highest BCUT2D eigenvalue weighted by Crippen LogP contribution is 2.14. The van der Waals surface area contributed by atoms with Crippen molar-refractivity contribution in [1.82, 2.24) is 10.2 Å². The number of nitrogens with one attached hydrogen (secondary N) is 1. The van der Waals surface area contributed by atoms with Crippen LogP contribution in [0.5, 0.6) is 0 Å². The highest BCUT2D eigenvalue weighted by Gasteiger charge is 2.15. The maximum atomic E-state index is 13.5. The van der Waals surface area contributed by atoms with Crippen molar-refractivity contribution in [3.05, 3.63) is 34.6 Å². The lowest BCUT2D eigenvalue weighted by Crippen LogP contribution is -2.41. The van der Waals surface area contributed by atoms with Gasteiger partial charge in [-0.3, -0.25) is 4.79 Å². The zero-order valence-corrected chi connectivity index (χ0v) is 12.0. The topological polar surface area (TPSA) is 41.6 Å². The Balaban J connectivity index is 1.70. The van der Waals surface area contributed by atoms with Gasteiger partial charge in [-0.05, 0) is 18.2 Å². The molecule has 1 saturated heterocycles. The highest BCUT2D eigenvalue weighted by atomic mass is 35.5. The number of benzene rings is 1. The standard InChI is InChI=1S/C14H18ClFN2O2/c15-12-1-2-13(16)11(9-12)10-17-4-3-14(19)18-5-7-20-8-6-18/h1-2,9,17H,3-8,10H2. The molecule has 1 aromatic carbocycles. The van der Waals surface area contributed by atoms with E-state index in [1.54, 1.807) is 11.0 Å². The van der Waals surface area contributed by atoms with Crippen molar-refractivity contribution in [3.63, 3.8) is 0 Å². The van der Waals surface area contributed by atoms with E-state index < -0.39 is 0 Å². The van der Waals surface area contributed by atoms with Gasteiger partial charge in [0, 0.05) is 43.2 Å². The minimum atomic E-state index is -0.290. The van der Waals surface area contributed by atoms with Crippen LogP contribution in [0.15, 0.2) is 18.2 Å². The summed E-state index contributed by atoms with van der Waals surface area (Å²) < 4.78 is 18.7. The quantitative estimate of drug-likeness (QED) is 0.844. The van der Waals surface area contributed by atoms with E-state index in [-0.39, 0.29) is 11.7 Å². The number of rotatable bonds is 5. The average Bonchev–Trinajstić information content (AvgIpc) is 2.47. The summed E-state index contributed by atoms with van der Waals surface area (Å²) >= 11 is 5.81. The number of morpholine rings is 1. The molecule has 0 unspecified atom stereocenters. The van der Waals surface area contributed by atoms with Crippen molar-refractivity contribution >= 4 is 17.5 Å². The van der Waals surface area contributed by atoms with E-state index in [0.717, 1.165) is 0 Å². The van der Waals surface area contributed by atoms with Crippen molar-refractivity contribution in [2.75, 3.05) is 32.8 Å². The summed E-state index contributed by atoms with van der Waals surface area (Å²) in [5.74, 6) is -0.186. The Morgan fingerprint density at radius 2 is 2.15 bits per heavy atom. The lowest BCUT2D eigenvalue weighted by molar-refractivity contribution is -0.135. The van der Waals surface area contributed by atoms with Crippen molar-refractivity contribution in [3.8, 4) is 0 Å². The predicted molar refractivity (Wildman–Crippen MR) is 75.1 cm³/mol. The van der Waals surface area contributed by atoms with Crippen LogP contribution in [0, 0.1) is 5.82 Å². The molecule has 110 valence electrons. The summed E-state index contributed by atoms with van der Waals surface area (Å²) in [5.41, 5.74) is 0.510. The summed E-state index contributed by atoms with van der Waals surface area (Å²) in [6, 6.07) is 4.45. The number of carbonyl (C=O) groups is 1. The first-order valence-corrected chi connectivity index (χ1v) is 7.05. The second-order valence-electron chi connectivity index (χ2n) is 4.66. The van der Waals surface area contributed by atoms with Crippen LogP contribution < -0.4 is 5.32 Å². The second-order valence-corrected chi connectivity index (χ2v) is 5.09. The molecule has 0 atom stereocenters. The van der Waals surface area contributed by atoms with Crippen LogP contribution in [0.3, 0.4) is 0 Å². The van der Waals surface area contributed by atoms with E-state index in [2.05, 4.69) is 5.32 Å². The Morgan fingerprint density at radius 1 is 1.40 bits per heavy atom. The first-order chi connectivity index (χ1) is 9.66. The smallest absolute Gasteiger partial charge is 0.224 e. The van der Waals surface area contributed by atoms with Gasteiger partial charge >= 0.3 is 0 Å². The summed E-state index contributed by atoms with van der Waals surface area (Å²) in [4.78, 5) is 13.7. The monoisotopic (exact) mass is 300 g/mol. The summed E-state index contributed by atoms with van der Waals surface area (Å²) in [6.07, 6.45) is 0.405. The molecule has 4 nitrogen and oxygen atoms in total. The van der Waals surface area contributed by atoms with Crippen LogP contribution in [0.1, 0.15) is 12.0 Å². The molecule has 0 aromatic heterocycles. The molecule has 1 aromatic rings. The van der Waals surface area contributed by atoms with E-state index in [9.17, 15) is 9.18 Å². The molecule has 0 saturated carbocycles. The lowest BCUT2D eigenvalue weighted by Gasteiger charge is -2.26. The summed E-state index contributed by atoms with van der Waals surface area (Å²) in [7, 11) is 0. The zero-order valence-electron chi connectivity index (χ0n) is 11.2. The Bertz CT molecular complexity index is 464. The van der Waals surface area contributed by atoms with Gasteiger partial charge in [0.05, 0.1) is 13.2 Å². The number of halogens is 2. The van der Waals surface area contributed by atoms with Crippen LogP contribution in [0.4, 0.5) is 4.39 Å². The van der Waals surface area contributed by atoms with Gasteiger partial charge in [-0.15, -0.1) is 0 Å². The largest absolute Gasteiger partial charge is 0.378 e. The second kappa shape index (κ2) is 7.57. The third-order valence-corrected chi connectivity index (χ3v) is 3.44. The van der Waals surface area contributed by atoms with E-state index in [0.29, 0.717) is 56.4 Å². The van der Waals surface area contributed by atoms with Crippen LogP contribution in [-0.2, 0) is 16.1 Å². The molecule has 0 spiro atoms. The fourth-order valence-electron chi connectivity index (χ4n) is 2.07. The van der Waals surface area contributed by atoms with Crippen molar-refractivity contribution in [2.45, 2.75) is 13.0 Å². The molecular weight excluding hydrogens is 283 g/mol. The van der Waals surface area contributed by atoms with Gasteiger partial charge < -0.3 is 15.0 Å². The van der Waals surface area contributed by atoms with Crippen molar-refractivity contribution < 1.29 is 13.9 Å². The van der Waals surface area contributed by atoms with E-state index >= 15 is 0 Å². The third-order valence-electron chi connectivity index (χ3n) is 3.20. The van der Waals surface area contributed by atoms with Crippen LogP contribution in [0.25, 0.3) is 0 Å². The minimum Gasteiger partial charge on any atom is -0.378 e. The molecule has 1 aliphatic rings. The van der Waals surface area contributed by atoms with Gasteiger partial charge in [-0.2, -0.15) is 0 Å². The minimum absolute atomic E-state index is 0.104. The number of nitrogens with zero attached hydrogens (tertiary/aromatic N) is 1. The van der Waals surface area contributed by atoms with Crippen molar-refractivity contribution in [2.24, 2.45) is 0 Å². The number of hydrogen-bond donors (Lipinski definition) is 1. The van der Waals surface area contributed by atoms with Gasteiger partial charge in [0.25, 0.3) is 0 Å². The zero-order chi connectivity index (χ0) is 14.4. The van der Waals surface area contributed by atoms with Gasteiger partial charge in [0.1, 0.15) is 5.82 Å². The summed E-state index contributed by atoms with van der Waals surface area (Å²) in [5, 5.41) is 3.57. The van der Waals surface area contributed by atoms with Gasteiger partial charge in [0.2, 0.25) is 5.91 Å². The molecule has 0 bridgehead atoms. The Morgan fingerprint density at radius 3 is 2.90 bits per heavy atom. The molecule has 1 amide bonds. The first kappa shape index (κ1) is 15.2.